The molecule has 1 aromatic carbocycles. The van der Waals surface area contributed by atoms with Gasteiger partial charge in [-0.25, -0.2) is 4.79 Å². The molecule has 1 aromatic rings. The van der Waals surface area contributed by atoms with Gasteiger partial charge >= 0.3 is 6.09 Å². The average molecular weight is 289 g/mol. The van der Waals surface area contributed by atoms with Crippen LogP contribution in [0.4, 0.5) is 4.79 Å². The van der Waals surface area contributed by atoms with Crippen LogP contribution in [0.25, 0.3) is 0 Å². The van der Waals surface area contributed by atoms with Crippen LogP contribution < -0.4 is 0 Å². The molecule has 2 heterocycles. The van der Waals surface area contributed by atoms with E-state index in [1.807, 2.05) is 26.8 Å². The zero-order chi connectivity index (χ0) is 15.0. The van der Waals surface area contributed by atoms with Crippen LogP contribution in [-0.2, 0) is 15.9 Å². The number of carbonyl (C=O) groups is 1. The molecular formula is C17H23NO3. The van der Waals surface area contributed by atoms with E-state index in [1.54, 1.807) is 4.90 Å². The van der Waals surface area contributed by atoms with Crippen molar-refractivity contribution in [2.75, 3.05) is 13.2 Å². The molecule has 21 heavy (non-hydrogen) atoms. The Morgan fingerprint density at radius 1 is 1.33 bits per heavy atom. The summed E-state index contributed by atoms with van der Waals surface area (Å²) in [5, 5.41) is 0. The molecule has 2 atom stereocenters. The number of rotatable bonds is 1. The lowest BCUT2D eigenvalue weighted by Gasteiger charge is -2.46. The third kappa shape index (κ3) is 2.91. The first-order valence-electron chi connectivity index (χ1n) is 7.65. The van der Waals surface area contributed by atoms with Crippen molar-refractivity contribution in [2.24, 2.45) is 0 Å². The topological polar surface area (TPSA) is 38.8 Å². The van der Waals surface area contributed by atoms with Crippen LogP contribution in [0.5, 0.6) is 0 Å². The molecule has 0 N–H and O–H groups in total. The Balaban J connectivity index is 1.75. The van der Waals surface area contributed by atoms with Gasteiger partial charge in [0.05, 0.1) is 12.6 Å². The number of benzene rings is 1. The second-order valence-electron chi connectivity index (χ2n) is 6.77. The Morgan fingerprint density at radius 3 is 2.76 bits per heavy atom. The summed E-state index contributed by atoms with van der Waals surface area (Å²) >= 11 is 0. The molecule has 0 spiro atoms. The third-order valence-electron chi connectivity index (χ3n) is 4.07. The summed E-state index contributed by atoms with van der Waals surface area (Å²) < 4.78 is 11.5. The maximum Gasteiger partial charge on any atom is 0.410 e. The SMILES string of the molecule is CC(C)(C)OC(=O)N1CCC1C1OCCc2ccccc21. The molecule has 4 nitrogen and oxygen atoms in total. The number of nitrogens with zero attached hydrogens (tertiary/aromatic N) is 1. The molecule has 1 amide bonds. The molecule has 3 rings (SSSR count). The van der Waals surface area contributed by atoms with Gasteiger partial charge in [0, 0.05) is 6.54 Å². The van der Waals surface area contributed by atoms with Crippen molar-refractivity contribution in [3.63, 3.8) is 0 Å². The third-order valence-corrected chi connectivity index (χ3v) is 4.07. The van der Waals surface area contributed by atoms with Crippen LogP contribution in [0, 0.1) is 0 Å². The van der Waals surface area contributed by atoms with Gasteiger partial charge in [-0.2, -0.15) is 0 Å². The largest absolute Gasteiger partial charge is 0.444 e. The first-order valence-corrected chi connectivity index (χ1v) is 7.65. The molecular weight excluding hydrogens is 266 g/mol. The second-order valence-corrected chi connectivity index (χ2v) is 6.77. The smallest absolute Gasteiger partial charge is 0.410 e. The van der Waals surface area contributed by atoms with Crippen LogP contribution in [0.15, 0.2) is 24.3 Å². The van der Waals surface area contributed by atoms with Gasteiger partial charge in [0.15, 0.2) is 0 Å². The van der Waals surface area contributed by atoms with Gasteiger partial charge in [-0.3, -0.25) is 0 Å². The highest BCUT2D eigenvalue weighted by Crippen LogP contribution is 2.37. The molecule has 0 saturated carbocycles. The van der Waals surface area contributed by atoms with E-state index in [0.29, 0.717) is 0 Å². The number of carbonyl (C=O) groups excluding carboxylic acids is 1. The Hall–Kier alpha value is -1.55. The minimum absolute atomic E-state index is 0.0174. The van der Waals surface area contributed by atoms with Gasteiger partial charge in [0.2, 0.25) is 0 Å². The first-order chi connectivity index (χ1) is 9.96. The van der Waals surface area contributed by atoms with E-state index in [0.717, 1.165) is 26.0 Å². The van der Waals surface area contributed by atoms with Crippen LogP contribution in [0.3, 0.4) is 0 Å². The van der Waals surface area contributed by atoms with Crippen molar-refractivity contribution < 1.29 is 14.3 Å². The van der Waals surface area contributed by atoms with Crippen LogP contribution >= 0.6 is 0 Å². The van der Waals surface area contributed by atoms with Crippen molar-refractivity contribution in [3.8, 4) is 0 Å². The predicted octanol–water partition coefficient (Wildman–Crippen LogP) is 3.31. The van der Waals surface area contributed by atoms with Crippen LogP contribution in [-0.4, -0.2) is 35.8 Å². The molecule has 114 valence electrons. The Kier molecular flexibility index (Phi) is 3.66. The summed E-state index contributed by atoms with van der Waals surface area (Å²) in [6, 6.07) is 8.47. The van der Waals surface area contributed by atoms with E-state index in [9.17, 15) is 4.79 Å². The summed E-state index contributed by atoms with van der Waals surface area (Å²) in [6.45, 7) is 7.16. The summed E-state index contributed by atoms with van der Waals surface area (Å²) in [7, 11) is 0. The van der Waals surface area contributed by atoms with E-state index < -0.39 is 5.60 Å². The molecule has 2 aliphatic heterocycles. The fourth-order valence-electron chi connectivity index (χ4n) is 3.01. The number of hydrogen-bond donors (Lipinski definition) is 0. The van der Waals surface area contributed by atoms with Gasteiger partial charge in [0.1, 0.15) is 11.7 Å². The van der Waals surface area contributed by atoms with Crippen LogP contribution in [0.2, 0.25) is 0 Å². The predicted molar refractivity (Wildman–Crippen MR) is 80.2 cm³/mol. The molecule has 0 aromatic heterocycles. The lowest BCUT2D eigenvalue weighted by molar-refractivity contribution is -0.0714. The molecule has 1 saturated heterocycles. The molecule has 0 bridgehead atoms. The van der Waals surface area contributed by atoms with Crippen molar-refractivity contribution in [1.82, 2.24) is 4.90 Å². The van der Waals surface area contributed by atoms with Gasteiger partial charge in [0.25, 0.3) is 0 Å². The quantitative estimate of drug-likeness (QED) is 0.796. The maximum absolute atomic E-state index is 12.3. The number of ether oxygens (including phenoxy) is 2. The second kappa shape index (κ2) is 5.34. The summed E-state index contributed by atoms with van der Waals surface area (Å²) in [6.07, 6.45) is 1.67. The molecule has 4 heteroatoms. The lowest BCUT2D eigenvalue weighted by atomic mass is 9.87. The zero-order valence-electron chi connectivity index (χ0n) is 13.0. The number of hydrogen-bond acceptors (Lipinski definition) is 3. The molecule has 0 aliphatic carbocycles. The van der Waals surface area contributed by atoms with E-state index in [4.69, 9.17) is 9.47 Å². The maximum atomic E-state index is 12.3. The van der Waals surface area contributed by atoms with Gasteiger partial charge in [-0.15, -0.1) is 0 Å². The van der Waals surface area contributed by atoms with Gasteiger partial charge in [-0.1, -0.05) is 24.3 Å². The minimum Gasteiger partial charge on any atom is -0.444 e. The monoisotopic (exact) mass is 289 g/mol. The van der Waals surface area contributed by atoms with Crippen molar-refractivity contribution >= 4 is 6.09 Å². The fourth-order valence-corrected chi connectivity index (χ4v) is 3.01. The highest BCUT2D eigenvalue weighted by Gasteiger charge is 2.42. The molecule has 0 radical (unpaired) electrons. The van der Waals surface area contributed by atoms with E-state index in [-0.39, 0.29) is 18.2 Å². The highest BCUT2D eigenvalue weighted by atomic mass is 16.6. The first kappa shape index (κ1) is 14.4. The lowest BCUT2D eigenvalue weighted by Crippen LogP contribution is -2.56. The van der Waals surface area contributed by atoms with E-state index in [1.165, 1.54) is 11.1 Å². The number of fused-ring (bicyclic) bond motifs is 1. The van der Waals surface area contributed by atoms with E-state index in [2.05, 4.69) is 18.2 Å². The van der Waals surface area contributed by atoms with Crippen molar-refractivity contribution in [3.05, 3.63) is 35.4 Å². The standard InChI is InChI=1S/C17H23NO3/c1-17(2,3)21-16(19)18-10-8-14(18)15-13-7-5-4-6-12(13)9-11-20-15/h4-7,14-15H,8-11H2,1-3H3. The Morgan fingerprint density at radius 2 is 2.10 bits per heavy atom. The van der Waals surface area contributed by atoms with Crippen molar-refractivity contribution in [2.45, 2.75) is 51.4 Å². The minimum atomic E-state index is -0.456. The van der Waals surface area contributed by atoms with Gasteiger partial charge < -0.3 is 14.4 Å². The number of amides is 1. The van der Waals surface area contributed by atoms with E-state index >= 15 is 0 Å². The highest BCUT2D eigenvalue weighted by molar-refractivity contribution is 5.69. The number of likely N-dealkylation sites (tertiary alicyclic amines) is 1. The molecule has 2 unspecified atom stereocenters. The summed E-state index contributed by atoms with van der Waals surface area (Å²) in [5.41, 5.74) is 2.11. The molecule has 2 aliphatic rings. The fraction of sp³-hybridized carbons (Fsp3) is 0.588. The molecule has 1 fully saturated rings. The van der Waals surface area contributed by atoms with Crippen LogP contribution in [0.1, 0.15) is 44.4 Å². The summed E-state index contributed by atoms with van der Waals surface area (Å²) in [4.78, 5) is 14.1. The van der Waals surface area contributed by atoms with Crippen molar-refractivity contribution in [1.29, 1.82) is 0 Å². The zero-order valence-corrected chi connectivity index (χ0v) is 13.0. The Labute approximate surface area is 126 Å². The summed E-state index contributed by atoms with van der Waals surface area (Å²) in [5.74, 6) is 0. The van der Waals surface area contributed by atoms with Gasteiger partial charge in [-0.05, 0) is 44.7 Å². The average Bonchev–Trinajstić information content (AvgIpc) is 2.35. The normalized spacial score (nSPS) is 25.0. The Bertz CT molecular complexity index is 535.